The highest BCUT2D eigenvalue weighted by molar-refractivity contribution is 7.79. The van der Waals surface area contributed by atoms with E-state index in [4.69, 9.17) is 14.2 Å². The van der Waals surface area contributed by atoms with Gasteiger partial charge in [0.2, 0.25) is 5.75 Å². The lowest BCUT2D eigenvalue weighted by atomic mass is 10.1. The lowest BCUT2D eigenvalue weighted by Gasteiger charge is -2.16. The molecule has 0 spiro atoms. The number of benzene rings is 1. The van der Waals surface area contributed by atoms with Crippen molar-refractivity contribution in [2.45, 2.75) is 12.7 Å². The van der Waals surface area contributed by atoms with Gasteiger partial charge in [0.05, 0.1) is 27.0 Å². The Morgan fingerprint density at radius 3 is 2.19 bits per heavy atom. The molecule has 1 aromatic carbocycles. The Labute approximate surface area is 130 Å². The van der Waals surface area contributed by atoms with Gasteiger partial charge in [0, 0.05) is 17.0 Å². The van der Waals surface area contributed by atoms with Crippen LogP contribution in [0.2, 0.25) is 0 Å². The third-order valence-electron chi connectivity index (χ3n) is 3.35. The maximum atomic E-state index is 5.50. The summed E-state index contributed by atoms with van der Waals surface area (Å²) in [5.41, 5.74) is 3.76. The Morgan fingerprint density at radius 2 is 1.67 bits per heavy atom. The third-order valence-corrected chi connectivity index (χ3v) is 3.69. The van der Waals surface area contributed by atoms with Crippen molar-refractivity contribution in [3.8, 4) is 28.5 Å². The molecule has 1 heterocycles. The molecule has 0 aliphatic heterocycles. The maximum Gasteiger partial charge on any atom is 0.203 e. The Bertz CT molecular complexity index is 644. The summed E-state index contributed by atoms with van der Waals surface area (Å²) in [7, 11) is 4.80. The molecule has 0 fully saturated rings. The van der Waals surface area contributed by atoms with Gasteiger partial charge in [-0.25, -0.2) is 0 Å². The number of ether oxygens (including phenoxy) is 3. The Hall–Kier alpha value is -1.88. The van der Waals surface area contributed by atoms with Crippen LogP contribution in [0.5, 0.6) is 17.2 Å². The minimum Gasteiger partial charge on any atom is -0.493 e. The molecule has 21 heavy (non-hydrogen) atoms. The van der Waals surface area contributed by atoms with Gasteiger partial charge in [-0.3, -0.25) is 4.98 Å². The van der Waals surface area contributed by atoms with Crippen molar-refractivity contribution in [3.05, 3.63) is 35.5 Å². The van der Waals surface area contributed by atoms with Gasteiger partial charge in [-0.15, -0.1) is 0 Å². The van der Waals surface area contributed by atoms with Gasteiger partial charge in [-0.1, -0.05) is 6.07 Å². The van der Waals surface area contributed by atoms with Gasteiger partial charge in [0.15, 0.2) is 11.5 Å². The molecule has 2 rings (SSSR count). The number of methoxy groups -OCH3 is 3. The van der Waals surface area contributed by atoms with Crippen LogP contribution in [-0.2, 0) is 5.75 Å². The summed E-state index contributed by atoms with van der Waals surface area (Å²) in [4.78, 5) is 4.63. The van der Waals surface area contributed by atoms with Crippen molar-refractivity contribution in [1.82, 2.24) is 4.98 Å². The molecule has 0 bridgehead atoms. The van der Waals surface area contributed by atoms with E-state index in [2.05, 4.69) is 17.6 Å². The van der Waals surface area contributed by atoms with Crippen LogP contribution in [0.1, 0.15) is 11.3 Å². The molecule has 4 nitrogen and oxygen atoms in total. The predicted octanol–water partition coefficient (Wildman–Crippen LogP) is 3.51. The average molecular weight is 305 g/mol. The Balaban J connectivity index is 2.61. The summed E-state index contributed by atoms with van der Waals surface area (Å²) in [5, 5.41) is 0. The first-order valence-corrected chi connectivity index (χ1v) is 7.16. The highest BCUT2D eigenvalue weighted by Gasteiger charge is 2.18. The molecule has 0 saturated carbocycles. The highest BCUT2D eigenvalue weighted by Crippen LogP contribution is 2.43. The lowest BCUT2D eigenvalue weighted by molar-refractivity contribution is 0.325. The third kappa shape index (κ3) is 2.93. The van der Waals surface area contributed by atoms with Crippen molar-refractivity contribution >= 4 is 12.6 Å². The van der Waals surface area contributed by atoms with E-state index in [1.54, 1.807) is 21.3 Å². The summed E-state index contributed by atoms with van der Waals surface area (Å²) in [6, 6.07) is 7.76. The quantitative estimate of drug-likeness (QED) is 0.858. The normalized spacial score (nSPS) is 10.3. The minimum atomic E-state index is 0.565. The van der Waals surface area contributed by atoms with Gasteiger partial charge < -0.3 is 14.2 Å². The van der Waals surface area contributed by atoms with Crippen molar-refractivity contribution in [2.75, 3.05) is 21.3 Å². The lowest BCUT2D eigenvalue weighted by Crippen LogP contribution is -1.99. The van der Waals surface area contributed by atoms with E-state index in [0.717, 1.165) is 22.5 Å². The van der Waals surface area contributed by atoms with E-state index in [0.29, 0.717) is 23.0 Å². The first kappa shape index (κ1) is 15.5. The smallest absolute Gasteiger partial charge is 0.203 e. The largest absolute Gasteiger partial charge is 0.493 e. The monoisotopic (exact) mass is 305 g/mol. The van der Waals surface area contributed by atoms with E-state index >= 15 is 0 Å². The number of nitrogens with zero attached hydrogens (tertiary/aromatic N) is 1. The second kappa shape index (κ2) is 6.72. The molecule has 5 heteroatoms. The van der Waals surface area contributed by atoms with Crippen LogP contribution >= 0.6 is 12.6 Å². The zero-order valence-corrected chi connectivity index (χ0v) is 13.5. The van der Waals surface area contributed by atoms with Crippen LogP contribution < -0.4 is 14.2 Å². The second-order valence-electron chi connectivity index (χ2n) is 4.48. The fourth-order valence-electron chi connectivity index (χ4n) is 2.21. The molecule has 0 atom stereocenters. The van der Waals surface area contributed by atoms with Gasteiger partial charge >= 0.3 is 0 Å². The Kier molecular flexibility index (Phi) is 4.96. The molecule has 0 N–H and O–H groups in total. The first-order chi connectivity index (χ1) is 10.2. The average Bonchev–Trinajstić information content (AvgIpc) is 2.52. The van der Waals surface area contributed by atoms with Crippen molar-refractivity contribution in [3.63, 3.8) is 0 Å². The van der Waals surface area contributed by atoms with E-state index in [9.17, 15) is 0 Å². The molecule has 112 valence electrons. The molecule has 0 saturated heterocycles. The Morgan fingerprint density at radius 1 is 0.952 bits per heavy atom. The summed E-state index contributed by atoms with van der Waals surface area (Å²) < 4.78 is 16.2. The molecule has 1 aromatic heterocycles. The molecular weight excluding hydrogens is 286 g/mol. The fraction of sp³-hybridized carbons (Fsp3) is 0.312. The zero-order valence-electron chi connectivity index (χ0n) is 12.6. The molecular formula is C16H19NO3S. The SMILES string of the molecule is COc1ccc(-c2ccc(CS)c(C)n2)c(OC)c1OC. The molecule has 0 amide bonds. The number of aryl methyl sites for hydroxylation is 1. The van der Waals surface area contributed by atoms with E-state index in [1.165, 1.54) is 0 Å². The summed E-state index contributed by atoms with van der Waals surface area (Å²) in [6.45, 7) is 1.97. The number of thiol groups is 1. The summed E-state index contributed by atoms with van der Waals surface area (Å²) in [5.74, 6) is 2.47. The summed E-state index contributed by atoms with van der Waals surface area (Å²) in [6.07, 6.45) is 0. The van der Waals surface area contributed by atoms with E-state index < -0.39 is 0 Å². The van der Waals surface area contributed by atoms with Gasteiger partial charge in [0.1, 0.15) is 0 Å². The van der Waals surface area contributed by atoms with E-state index in [1.807, 2.05) is 31.2 Å². The van der Waals surface area contributed by atoms with Crippen molar-refractivity contribution in [1.29, 1.82) is 0 Å². The van der Waals surface area contributed by atoms with Crippen LogP contribution in [-0.4, -0.2) is 26.3 Å². The second-order valence-corrected chi connectivity index (χ2v) is 4.80. The molecule has 0 unspecified atom stereocenters. The van der Waals surface area contributed by atoms with Gasteiger partial charge in [0.25, 0.3) is 0 Å². The van der Waals surface area contributed by atoms with E-state index in [-0.39, 0.29) is 0 Å². The maximum absolute atomic E-state index is 5.50. The topological polar surface area (TPSA) is 40.6 Å². The number of pyridine rings is 1. The van der Waals surface area contributed by atoms with Crippen molar-refractivity contribution in [2.24, 2.45) is 0 Å². The fourth-order valence-corrected chi connectivity index (χ4v) is 2.54. The zero-order chi connectivity index (χ0) is 15.4. The van der Waals surface area contributed by atoms with Gasteiger partial charge in [-0.05, 0) is 30.7 Å². The van der Waals surface area contributed by atoms with Crippen LogP contribution in [0.4, 0.5) is 0 Å². The number of aromatic nitrogens is 1. The first-order valence-electron chi connectivity index (χ1n) is 6.53. The number of rotatable bonds is 5. The minimum absolute atomic E-state index is 0.565. The van der Waals surface area contributed by atoms with Crippen LogP contribution in [0.25, 0.3) is 11.3 Å². The molecule has 0 aliphatic carbocycles. The van der Waals surface area contributed by atoms with Crippen LogP contribution in [0, 0.1) is 6.92 Å². The highest BCUT2D eigenvalue weighted by atomic mass is 32.1. The predicted molar refractivity (Wildman–Crippen MR) is 86.8 cm³/mol. The number of hydrogen-bond acceptors (Lipinski definition) is 5. The van der Waals surface area contributed by atoms with Gasteiger partial charge in [-0.2, -0.15) is 12.6 Å². The molecule has 0 radical (unpaired) electrons. The molecule has 0 aliphatic rings. The standard InChI is InChI=1S/C16H19NO3S/c1-10-11(9-21)5-7-13(17-10)12-6-8-14(18-2)16(20-4)15(12)19-3/h5-8,21H,9H2,1-4H3. The molecule has 2 aromatic rings. The number of hydrogen-bond donors (Lipinski definition) is 1. The van der Waals surface area contributed by atoms with Crippen molar-refractivity contribution < 1.29 is 14.2 Å². The summed E-state index contributed by atoms with van der Waals surface area (Å²) >= 11 is 4.30. The van der Waals surface area contributed by atoms with Crippen LogP contribution in [0.15, 0.2) is 24.3 Å². The van der Waals surface area contributed by atoms with Crippen LogP contribution in [0.3, 0.4) is 0 Å².